The minimum atomic E-state index is 0.318. The number of hydrogen-bond donors (Lipinski definition) is 1. The van der Waals surface area contributed by atoms with E-state index in [1.165, 1.54) is 25.7 Å². The maximum Gasteiger partial charge on any atom is 0.220 e. The number of carbonyl (C=O) groups excluding carboxylic acids is 1. The second-order valence-electron chi connectivity index (χ2n) is 5.98. The zero-order valence-electron chi connectivity index (χ0n) is 8.46. The second kappa shape index (κ2) is 2.17. The minimum Gasteiger partial charge on any atom is -0.355 e. The molecule has 3 aliphatic carbocycles. The molecule has 1 saturated heterocycles. The van der Waals surface area contributed by atoms with Crippen LogP contribution in [0, 0.1) is 29.1 Å². The van der Waals surface area contributed by atoms with Crippen molar-refractivity contribution < 1.29 is 4.79 Å². The molecule has 1 heterocycles. The summed E-state index contributed by atoms with van der Waals surface area (Å²) in [5.74, 6) is 4.18. The third-order valence-electron chi connectivity index (χ3n) is 5.69. The van der Waals surface area contributed by atoms with E-state index >= 15 is 0 Å². The Morgan fingerprint density at radius 2 is 2.14 bits per heavy atom. The summed E-state index contributed by atoms with van der Waals surface area (Å²) < 4.78 is 0. The SMILES string of the molecule is O=C1C[C@]2(CN1)[C@@H]1CC[C@H]3C[C@@H]1[C@@H]2C3. The van der Waals surface area contributed by atoms with E-state index in [4.69, 9.17) is 0 Å². The second-order valence-corrected chi connectivity index (χ2v) is 5.98. The van der Waals surface area contributed by atoms with E-state index in [1.807, 2.05) is 0 Å². The Labute approximate surface area is 84.4 Å². The summed E-state index contributed by atoms with van der Waals surface area (Å²) in [6.45, 7) is 1.00. The highest BCUT2D eigenvalue weighted by atomic mass is 16.1. The van der Waals surface area contributed by atoms with Crippen molar-refractivity contribution in [3.8, 4) is 0 Å². The first-order chi connectivity index (χ1) is 6.79. The number of hydrogen-bond acceptors (Lipinski definition) is 1. The minimum absolute atomic E-state index is 0.318. The van der Waals surface area contributed by atoms with Gasteiger partial charge in [-0.2, -0.15) is 0 Å². The molecule has 1 aliphatic heterocycles. The summed E-state index contributed by atoms with van der Waals surface area (Å²) in [4.78, 5) is 11.4. The Morgan fingerprint density at radius 3 is 2.93 bits per heavy atom. The molecule has 14 heavy (non-hydrogen) atoms. The van der Waals surface area contributed by atoms with Crippen LogP contribution in [0.15, 0.2) is 0 Å². The van der Waals surface area contributed by atoms with Gasteiger partial charge in [0.05, 0.1) is 0 Å². The molecule has 1 N–H and O–H groups in total. The van der Waals surface area contributed by atoms with Crippen LogP contribution in [0.1, 0.15) is 32.1 Å². The van der Waals surface area contributed by atoms with Gasteiger partial charge >= 0.3 is 0 Å². The van der Waals surface area contributed by atoms with Crippen molar-refractivity contribution in [3.63, 3.8) is 0 Å². The maximum absolute atomic E-state index is 11.4. The normalized spacial score (nSPS) is 58.7. The monoisotopic (exact) mass is 191 g/mol. The number of rotatable bonds is 0. The Bertz CT molecular complexity index is 305. The summed E-state index contributed by atoms with van der Waals surface area (Å²) in [6.07, 6.45) is 6.65. The molecular formula is C12H17NO. The molecule has 0 unspecified atom stereocenters. The lowest BCUT2D eigenvalue weighted by Crippen LogP contribution is -2.55. The first-order valence-corrected chi connectivity index (χ1v) is 6.06. The molecule has 0 aromatic carbocycles. The predicted molar refractivity (Wildman–Crippen MR) is 52.5 cm³/mol. The molecule has 2 nitrogen and oxygen atoms in total. The lowest BCUT2D eigenvalue weighted by molar-refractivity contribution is -0.126. The van der Waals surface area contributed by atoms with Gasteiger partial charge in [0.1, 0.15) is 0 Å². The molecule has 1 amide bonds. The molecule has 5 atom stereocenters. The molecule has 0 aromatic rings. The number of nitrogens with one attached hydrogen (secondary N) is 1. The molecule has 3 saturated carbocycles. The maximum atomic E-state index is 11.4. The van der Waals surface area contributed by atoms with Crippen molar-refractivity contribution in [1.82, 2.24) is 5.32 Å². The lowest BCUT2D eigenvalue weighted by Gasteiger charge is -2.57. The third kappa shape index (κ3) is 0.665. The van der Waals surface area contributed by atoms with Crippen LogP contribution in [0.5, 0.6) is 0 Å². The van der Waals surface area contributed by atoms with Gasteiger partial charge in [-0.15, -0.1) is 0 Å². The molecule has 2 bridgehead atoms. The summed E-state index contributed by atoms with van der Waals surface area (Å²) in [5.41, 5.74) is 0.438. The van der Waals surface area contributed by atoms with Gasteiger partial charge in [-0.25, -0.2) is 0 Å². The van der Waals surface area contributed by atoms with Gasteiger partial charge in [0, 0.05) is 18.4 Å². The van der Waals surface area contributed by atoms with Crippen molar-refractivity contribution >= 4 is 5.91 Å². The molecule has 0 radical (unpaired) electrons. The average Bonchev–Trinajstić information content (AvgIpc) is 2.64. The van der Waals surface area contributed by atoms with Crippen molar-refractivity contribution in [2.75, 3.05) is 6.54 Å². The number of fused-ring (bicyclic) bond motifs is 3. The van der Waals surface area contributed by atoms with Crippen LogP contribution in [-0.2, 0) is 4.79 Å². The van der Waals surface area contributed by atoms with E-state index in [9.17, 15) is 4.79 Å². The summed E-state index contributed by atoms with van der Waals surface area (Å²) in [7, 11) is 0. The van der Waals surface area contributed by atoms with E-state index in [1.54, 1.807) is 0 Å². The quantitative estimate of drug-likeness (QED) is 0.618. The zero-order valence-corrected chi connectivity index (χ0v) is 8.46. The fraction of sp³-hybridized carbons (Fsp3) is 0.917. The van der Waals surface area contributed by atoms with Crippen LogP contribution in [0.4, 0.5) is 0 Å². The highest BCUT2D eigenvalue weighted by molar-refractivity contribution is 5.79. The van der Waals surface area contributed by atoms with Crippen molar-refractivity contribution in [2.24, 2.45) is 29.1 Å². The fourth-order valence-electron chi connectivity index (χ4n) is 5.23. The molecule has 0 aromatic heterocycles. The highest BCUT2D eigenvalue weighted by Crippen LogP contribution is 2.71. The Balaban J connectivity index is 1.73. The van der Waals surface area contributed by atoms with Gasteiger partial charge in [-0.3, -0.25) is 4.79 Å². The van der Waals surface area contributed by atoms with Gasteiger partial charge in [-0.05, 0) is 42.9 Å². The number of carbonyl (C=O) groups is 1. The van der Waals surface area contributed by atoms with Gasteiger partial charge in [0.2, 0.25) is 5.91 Å². The smallest absolute Gasteiger partial charge is 0.220 e. The zero-order chi connectivity index (χ0) is 9.34. The third-order valence-corrected chi connectivity index (χ3v) is 5.69. The van der Waals surface area contributed by atoms with E-state index in [2.05, 4.69) is 5.32 Å². The van der Waals surface area contributed by atoms with Crippen molar-refractivity contribution in [1.29, 1.82) is 0 Å². The number of amides is 1. The van der Waals surface area contributed by atoms with Crippen LogP contribution in [-0.4, -0.2) is 12.5 Å². The molecule has 4 aliphatic rings. The largest absolute Gasteiger partial charge is 0.355 e. The van der Waals surface area contributed by atoms with E-state index in [-0.39, 0.29) is 0 Å². The van der Waals surface area contributed by atoms with E-state index in [0.29, 0.717) is 11.3 Å². The Kier molecular flexibility index (Phi) is 1.20. The van der Waals surface area contributed by atoms with Gasteiger partial charge in [0.15, 0.2) is 0 Å². The van der Waals surface area contributed by atoms with Crippen molar-refractivity contribution in [3.05, 3.63) is 0 Å². The molecule has 4 fully saturated rings. The summed E-state index contributed by atoms with van der Waals surface area (Å²) in [5, 5.41) is 3.07. The predicted octanol–water partition coefficient (Wildman–Crippen LogP) is 1.56. The average molecular weight is 191 g/mol. The van der Waals surface area contributed by atoms with Crippen LogP contribution < -0.4 is 5.32 Å². The van der Waals surface area contributed by atoms with Crippen LogP contribution in [0.25, 0.3) is 0 Å². The summed E-state index contributed by atoms with van der Waals surface area (Å²) in [6, 6.07) is 0. The van der Waals surface area contributed by atoms with Gasteiger partial charge < -0.3 is 5.32 Å². The fourth-order valence-corrected chi connectivity index (χ4v) is 5.23. The van der Waals surface area contributed by atoms with Crippen molar-refractivity contribution in [2.45, 2.75) is 32.1 Å². The Morgan fingerprint density at radius 1 is 1.21 bits per heavy atom. The van der Waals surface area contributed by atoms with Crippen LogP contribution >= 0.6 is 0 Å². The Hall–Kier alpha value is -0.530. The standard InChI is InChI=1S/C12H17NO/c14-11-5-12(6-13-11)9-2-1-7-3-8(9)10(12)4-7/h7-10H,1-6H2,(H,13,14)/t7-,8-,9+,10-,12-/m0/s1. The molecule has 1 spiro atoms. The van der Waals surface area contributed by atoms with E-state index < -0.39 is 0 Å². The summed E-state index contributed by atoms with van der Waals surface area (Å²) >= 11 is 0. The topological polar surface area (TPSA) is 29.1 Å². The molecule has 4 rings (SSSR count). The van der Waals surface area contributed by atoms with Gasteiger partial charge in [-0.1, -0.05) is 6.42 Å². The molecule has 76 valence electrons. The van der Waals surface area contributed by atoms with Crippen LogP contribution in [0.2, 0.25) is 0 Å². The highest BCUT2D eigenvalue weighted by Gasteiger charge is 2.67. The van der Waals surface area contributed by atoms with E-state index in [0.717, 1.165) is 36.6 Å². The first-order valence-electron chi connectivity index (χ1n) is 6.06. The van der Waals surface area contributed by atoms with Gasteiger partial charge in [0.25, 0.3) is 0 Å². The lowest BCUT2D eigenvalue weighted by atomic mass is 9.46. The first kappa shape index (κ1) is 7.72. The molecule has 2 heteroatoms. The molecular weight excluding hydrogens is 174 g/mol. The van der Waals surface area contributed by atoms with Crippen LogP contribution in [0.3, 0.4) is 0 Å².